The number of aliphatic hydroxyl groups excluding tert-OH is 1. The third kappa shape index (κ3) is 3.54. The molecule has 1 aliphatic rings. The van der Waals surface area contributed by atoms with E-state index in [1.165, 1.54) is 17.5 Å². The number of nitrogens with one attached hydrogen (secondary N) is 1. The van der Waals surface area contributed by atoms with E-state index in [1.54, 1.807) is 12.4 Å². The zero-order valence-corrected chi connectivity index (χ0v) is 14.8. The van der Waals surface area contributed by atoms with Crippen LogP contribution < -0.4 is 5.32 Å². The molecule has 134 valence electrons. The van der Waals surface area contributed by atoms with Crippen LogP contribution in [0, 0.1) is 0 Å². The van der Waals surface area contributed by atoms with Gasteiger partial charge >= 0.3 is 0 Å². The van der Waals surface area contributed by atoms with Gasteiger partial charge in [0, 0.05) is 42.6 Å². The van der Waals surface area contributed by atoms with Gasteiger partial charge in [-0.2, -0.15) is 0 Å². The van der Waals surface area contributed by atoms with Crippen molar-refractivity contribution in [1.29, 1.82) is 0 Å². The van der Waals surface area contributed by atoms with Crippen molar-refractivity contribution >= 4 is 16.6 Å². The van der Waals surface area contributed by atoms with Crippen LogP contribution in [0.4, 0.5) is 5.69 Å². The Labute approximate surface area is 153 Å². The number of fused-ring (bicyclic) bond motifs is 1. The van der Waals surface area contributed by atoms with Gasteiger partial charge in [-0.25, -0.2) is 0 Å². The summed E-state index contributed by atoms with van der Waals surface area (Å²) >= 11 is 0. The van der Waals surface area contributed by atoms with Crippen molar-refractivity contribution in [1.82, 2.24) is 14.9 Å². The molecule has 0 spiro atoms. The van der Waals surface area contributed by atoms with E-state index in [-0.39, 0.29) is 6.61 Å². The predicted molar refractivity (Wildman–Crippen MR) is 104 cm³/mol. The first-order valence-corrected chi connectivity index (χ1v) is 9.19. The summed E-state index contributed by atoms with van der Waals surface area (Å²) in [5.74, 6) is 0. The van der Waals surface area contributed by atoms with Gasteiger partial charge in [0.15, 0.2) is 0 Å². The first-order chi connectivity index (χ1) is 12.8. The van der Waals surface area contributed by atoms with E-state index in [0.29, 0.717) is 6.04 Å². The third-order valence-corrected chi connectivity index (χ3v) is 5.22. The van der Waals surface area contributed by atoms with Crippen molar-refractivity contribution in [3.8, 4) is 0 Å². The number of aliphatic hydroxyl groups is 1. The summed E-state index contributed by atoms with van der Waals surface area (Å²) in [5.41, 5.74) is 4.57. The molecule has 2 N–H and O–H groups in total. The fourth-order valence-electron chi connectivity index (χ4n) is 3.76. The van der Waals surface area contributed by atoms with E-state index in [4.69, 9.17) is 0 Å². The first kappa shape index (κ1) is 16.9. The van der Waals surface area contributed by atoms with Gasteiger partial charge in [0.05, 0.1) is 18.3 Å². The molecule has 26 heavy (non-hydrogen) atoms. The standard InChI is InChI=1S/C21H24N4O/c26-15-18-6-3-11-25(18)14-17-5-2-1-4-16(17)12-24-20-8-10-23-21-13-22-9-7-19(20)21/h1-2,4-5,7-10,13,18,26H,3,6,11-12,14-15H2,(H,23,24). The van der Waals surface area contributed by atoms with E-state index < -0.39 is 0 Å². The Balaban J connectivity index is 1.52. The minimum atomic E-state index is 0.247. The smallest absolute Gasteiger partial charge is 0.0905 e. The van der Waals surface area contributed by atoms with Gasteiger partial charge in [-0.15, -0.1) is 0 Å². The molecule has 1 fully saturated rings. The number of nitrogens with zero attached hydrogens (tertiary/aromatic N) is 3. The summed E-state index contributed by atoms with van der Waals surface area (Å²) in [7, 11) is 0. The van der Waals surface area contributed by atoms with Crippen LogP contribution in [-0.2, 0) is 13.1 Å². The molecule has 1 unspecified atom stereocenters. The first-order valence-electron chi connectivity index (χ1n) is 9.19. The van der Waals surface area contributed by atoms with Crippen molar-refractivity contribution in [2.75, 3.05) is 18.5 Å². The van der Waals surface area contributed by atoms with Gasteiger partial charge in [-0.05, 0) is 42.6 Å². The average molecular weight is 348 g/mol. The monoisotopic (exact) mass is 348 g/mol. The lowest BCUT2D eigenvalue weighted by molar-refractivity contribution is 0.153. The number of rotatable bonds is 6. The number of benzene rings is 1. The van der Waals surface area contributed by atoms with Crippen LogP contribution in [0.3, 0.4) is 0 Å². The highest BCUT2D eigenvalue weighted by Crippen LogP contribution is 2.24. The van der Waals surface area contributed by atoms with Crippen LogP contribution in [0.5, 0.6) is 0 Å². The van der Waals surface area contributed by atoms with Crippen LogP contribution in [0.25, 0.3) is 10.9 Å². The number of hydrogen-bond donors (Lipinski definition) is 2. The lowest BCUT2D eigenvalue weighted by Crippen LogP contribution is -2.32. The fraction of sp³-hybridized carbons (Fsp3) is 0.333. The fourth-order valence-corrected chi connectivity index (χ4v) is 3.76. The molecule has 0 saturated carbocycles. The molecule has 3 heterocycles. The molecule has 0 radical (unpaired) electrons. The van der Waals surface area contributed by atoms with Crippen LogP contribution in [0.2, 0.25) is 0 Å². The summed E-state index contributed by atoms with van der Waals surface area (Å²) in [5, 5.41) is 14.2. The van der Waals surface area contributed by atoms with E-state index in [9.17, 15) is 5.11 Å². The molecule has 4 rings (SSSR count). The molecule has 1 saturated heterocycles. The van der Waals surface area contributed by atoms with E-state index in [0.717, 1.165) is 42.6 Å². The summed E-state index contributed by atoms with van der Waals surface area (Å²) in [6.45, 7) is 2.96. The van der Waals surface area contributed by atoms with Gasteiger partial charge in [0.1, 0.15) is 0 Å². The highest BCUT2D eigenvalue weighted by Gasteiger charge is 2.24. The molecule has 5 nitrogen and oxygen atoms in total. The van der Waals surface area contributed by atoms with Crippen LogP contribution in [0.15, 0.2) is 55.0 Å². The summed E-state index contributed by atoms with van der Waals surface area (Å²) < 4.78 is 0. The highest BCUT2D eigenvalue weighted by atomic mass is 16.3. The summed E-state index contributed by atoms with van der Waals surface area (Å²) in [6.07, 6.45) is 7.66. The van der Waals surface area contributed by atoms with E-state index in [1.807, 2.05) is 18.3 Å². The predicted octanol–water partition coefficient (Wildman–Crippen LogP) is 3.20. The molecule has 3 aromatic rings. The average Bonchev–Trinajstić information content (AvgIpc) is 3.14. The van der Waals surface area contributed by atoms with Crippen molar-refractivity contribution in [2.24, 2.45) is 0 Å². The molecule has 1 aromatic carbocycles. The van der Waals surface area contributed by atoms with E-state index in [2.05, 4.69) is 44.5 Å². The van der Waals surface area contributed by atoms with Crippen molar-refractivity contribution < 1.29 is 5.11 Å². The minimum Gasteiger partial charge on any atom is -0.395 e. The van der Waals surface area contributed by atoms with E-state index >= 15 is 0 Å². The van der Waals surface area contributed by atoms with Gasteiger partial charge in [0.25, 0.3) is 0 Å². The number of anilines is 1. The van der Waals surface area contributed by atoms with Gasteiger partial charge < -0.3 is 10.4 Å². The highest BCUT2D eigenvalue weighted by molar-refractivity contribution is 5.90. The van der Waals surface area contributed by atoms with Crippen LogP contribution >= 0.6 is 0 Å². The van der Waals surface area contributed by atoms with Crippen molar-refractivity contribution in [3.63, 3.8) is 0 Å². The van der Waals surface area contributed by atoms with Gasteiger partial charge in [-0.1, -0.05) is 24.3 Å². The lowest BCUT2D eigenvalue weighted by atomic mass is 10.1. The topological polar surface area (TPSA) is 61.3 Å². The lowest BCUT2D eigenvalue weighted by Gasteiger charge is -2.24. The molecular weight excluding hydrogens is 324 g/mol. The molecule has 0 bridgehead atoms. The second-order valence-corrected chi connectivity index (χ2v) is 6.82. The molecular formula is C21H24N4O. The SMILES string of the molecule is OCC1CCCN1Cc1ccccc1CNc1ccnc2cnccc12. The quantitative estimate of drug-likeness (QED) is 0.716. The van der Waals surface area contributed by atoms with Crippen LogP contribution in [0.1, 0.15) is 24.0 Å². The zero-order valence-electron chi connectivity index (χ0n) is 14.8. The number of likely N-dealkylation sites (tertiary alicyclic amines) is 1. The zero-order chi connectivity index (χ0) is 17.8. The Morgan fingerprint density at radius 3 is 2.88 bits per heavy atom. The minimum absolute atomic E-state index is 0.247. The van der Waals surface area contributed by atoms with Crippen molar-refractivity contribution in [2.45, 2.75) is 32.0 Å². The Bertz CT molecular complexity index is 877. The summed E-state index contributed by atoms with van der Waals surface area (Å²) in [4.78, 5) is 10.9. The number of pyridine rings is 2. The van der Waals surface area contributed by atoms with Crippen molar-refractivity contribution in [3.05, 3.63) is 66.1 Å². The number of aromatic nitrogens is 2. The molecule has 0 aliphatic carbocycles. The molecule has 2 aromatic heterocycles. The van der Waals surface area contributed by atoms with Gasteiger partial charge in [-0.3, -0.25) is 14.9 Å². The Kier molecular flexibility index (Phi) is 5.09. The Morgan fingerprint density at radius 1 is 1.12 bits per heavy atom. The molecule has 1 aliphatic heterocycles. The summed E-state index contributed by atoms with van der Waals surface area (Å²) in [6, 6.07) is 12.8. The Hall–Kier alpha value is -2.50. The normalized spacial score (nSPS) is 17.7. The number of hydrogen-bond acceptors (Lipinski definition) is 5. The molecule has 0 amide bonds. The Morgan fingerprint density at radius 2 is 2.00 bits per heavy atom. The van der Waals surface area contributed by atoms with Crippen LogP contribution in [-0.4, -0.2) is 39.2 Å². The second-order valence-electron chi connectivity index (χ2n) is 6.82. The largest absolute Gasteiger partial charge is 0.395 e. The second kappa shape index (κ2) is 7.81. The molecule has 5 heteroatoms. The maximum atomic E-state index is 9.57. The van der Waals surface area contributed by atoms with Gasteiger partial charge in [0.2, 0.25) is 0 Å². The third-order valence-electron chi connectivity index (χ3n) is 5.22. The maximum absolute atomic E-state index is 9.57. The molecule has 1 atom stereocenters. The maximum Gasteiger partial charge on any atom is 0.0905 e.